The zero-order valence-electron chi connectivity index (χ0n) is 38.6. The summed E-state index contributed by atoms with van der Waals surface area (Å²) in [5.74, 6) is 0. The topological polar surface area (TPSA) is 8.17 Å². The number of hydrogen-bond donors (Lipinski definition) is 0. The third kappa shape index (κ3) is 6.04. The van der Waals surface area contributed by atoms with E-state index in [0.29, 0.717) is 5.56 Å². The van der Waals surface area contributed by atoms with Gasteiger partial charge in [-0.25, -0.2) is 0 Å². The summed E-state index contributed by atoms with van der Waals surface area (Å²) >= 11 is 0. The largest absolute Gasteiger partial charge is 0.310 e. The van der Waals surface area contributed by atoms with Gasteiger partial charge in [0.1, 0.15) is 0 Å². The second kappa shape index (κ2) is 14.8. The fourth-order valence-corrected chi connectivity index (χ4v) is 9.29. The van der Waals surface area contributed by atoms with Gasteiger partial charge in [-0.05, 0) is 110 Å². The standard InChI is InChI=1S/C60H40N2/c1-3-13-41(14-4-1)44-23-30-49(31-24-44)61(50-32-25-45(26-33-50)42-15-5-2-6-16-42)58-38-36-52(54-21-11-12-22-55(54)58)48-29-37-59-57(40-48)56-35-28-46-18-9-10-20-53(46)60(56)62(59)51-34-27-43-17-7-8-19-47(43)39-51/h1-40H/i1D,3D,4D,13D,14D. The molecule has 0 N–H and O–H groups in total. The normalized spacial score (nSPS) is 12.7. The van der Waals surface area contributed by atoms with Gasteiger partial charge in [-0.15, -0.1) is 0 Å². The first-order valence-corrected chi connectivity index (χ1v) is 20.9. The van der Waals surface area contributed by atoms with Gasteiger partial charge in [0.15, 0.2) is 0 Å². The smallest absolute Gasteiger partial charge is 0.0629 e. The molecule has 0 aliphatic heterocycles. The highest BCUT2D eigenvalue weighted by atomic mass is 15.1. The molecule has 0 amide bonds. The minimum Gasteiger partial charge on any atom is -0.310 e. The number of rotatable bonds is 7. The Morgan fingerprint density at radius 2 is 0.952 bits per heavy atom. The molecule has 1 aromatic heterocycles. The molecule has 0 aliphatic rings. The number of benzene rings is 11. The van der Waals surface area contributed by atoms with Crippen LogP contribution in [-0.2, 0) is 0 Å². The van der Waals surface area contributed by atoms with E-state index in [0.717, 1.165) is 61.3 Å². The quantitative estimate of drug-likeness (QED) is 0.156. The molecule has 2 heteroatoms. The van der Waals surface area contributed by atoms with Crippen molar-refractivity contribution in [3.05, 3.63) is 243 Å². The van der Waals surface area contributed by atoms with Crippen LogP contribution in [0.25, 0.3) is 93.2 Å². The van der Waals surface area contributed by atoms with Crippen molar-refractivity contribution in [1.29, 1.82) is 0 Å². The molecule has 0 unspecified atom stereocenters. The van der Waals surface area contributed by atoms with Crippen LogP contribution < -0.4 is 4.90 Å². The number of aromatic nitrogens is 1. The maximum Gasteiger partial charge on any atom is 0.0629 e. The Kier molecular flexibility index (Phi) is 7.35. The summed E-state index contributed by atoms with van der Waals surface area (Å²) in [5, 5.41) is 9.35. The molecule has 0 radical (unpaired) electrons. The maximum absolute atomic E-state index is 8.65. The van der Waals surface area contributed by atoms with Crippen LogP contribution in [0.15, 0.2) is 243 Å². The third-order valence-corrected chi connectivity index (χ3v) is 12.2. The van der Waals surface area contributed by atoms with Crippen molar-refractivity contribution in [3.63, 3.8) is 0 Å². The molecule has 12 rings (SSSR count). The summed E-state index contributed by atoms with van der Waals surface area (Å²) < 4.78 is 44.5. The van der Waals surface area contributed by atoms with Gasteiger partial charge in [0.25, 0.3) is 0 Å². The van der Waals surface area contributed by atoms with Crippen molar-refractivity contribution in [2.24, 2.45) is 0 Å². The maximum atomic E-state index is 8.65. The van der Waals surface area contributed by atoms with Gasteiger partial charge in [0.05, 0.1) is 23.6 Å². The van der Waals surface area contributed by atoms with E-state index < -0.39 is 6.04 Å². The Morgan fingerprint density at radius 3 is 1.71 bits per heavy atom. The Bertz CT molecular complexity index is 3890. The summed E-state index contributed by atoms with van der Waals surface area (Å²) in [6, 6.07) is 73.2. The van der Waals surface area contributed by atoms with Crippen LogP contribution in [0.4, 0.5) is 17.1 Å². The van der Waals surface area contributed by atoms with Crippen molar-refractivity contribution in [3.8, 4) is 39.1 Å². The summed E-state index contributed by atoms with van der Waals surface area (Å²) in [4.78, 5) is 2.23. The number of hydrogen-bond acceptors (Lipinski definition) is 1. The van der Waals surface area contributed by atoms with E-state index in [1.54, 1.807) is 0 Å². The molecule has 2 nitrogen and oxygen atoms in total. The van der Waals surface area contributed by atoms with Gasteiger partial charge in [-0.2, -0.15) is 0 Å². The highest BCUT2D eigenvalue weighted by molar-refractivity contribution is 6.20. The molecule has 0 fully saturated rings. The highest BCUT2D eigenvalue weighted by Gasteiger charge is 2.20. The van der Waals surface area contributed by atoms with Crippen LogP contribution >= 0.6 is 0 Å². The zero-order chi connectivity index (χ0) is 45.3. The lowest BCUT2D eigenvalue weighted by Crippen LogP contribution is -2.10. The average Bonchev–Trinajstić information content (AvgIpc) is 3.72. The summed E-state index contributed by atoms with van der Waals surface area (Å²) in [6.07, 6.45) is 0. The lowest BCUT2D eigenvalue weighted by Gasteiger charge is -2.28. The molecular formula is C60H40N2. The molecule has 290 valence electrons. The summed E-state index contributed by atoms with van der Waals surface area (Å²) in [6.45, 7) is 0. The molecule has 0 aliphatic carbocycles. The molecule has 0 spiro atoms. The molecule has 62 heavy (non-hydrogen) atoms. The monoisotopic (exact) mass is 793 g/mol. The van der Waals surface area contributed by atoms with Crippen molar-refractivity contribution in [2.45, 2.75) is 0 Å². The SMILES string of the molecule is [2H]c1c([2H])c([2H])c(-c2ccc(N(c3ccc(-c4ccccc4)cc3)c3ccc(-c4ccc5c(c4)c4ccc6ccccc6c4n5-c4ccc5ccccc5c4)c4ccccc34)cc2)c([2H])c1[2H]. The molecule has 12 aromatic rings. The third-order valence-electron chi connectivity index (χ3n) is 12.2. The van der Waals surface area contributed by atoms with Crippen molar-refractivity contribution < 1.29 is 6.85 Å². The van der Waals surface area contributed by atoms with Gasteiger partial charge in [0, 0.05) is 38.6 Å². The van der Waals surface area contributed by atoms with Crippen LogP contribution in [0.3, 0.4) is 0 Å². The van der Waals surface area contributed by atoms with Gasteiger partial charge in [0.2, 0.25) is 0 Å². The fourth-order valence-electron chi connectivity index (χ4n) is 9.29. The first-order chi connectivity index (χ1) is 32.8. The van der Waals surface area contributed by atoms with Crippen LogP contribution in [0.1, 0.15) is 6.85 Å². The lowest BCUT2D eigenvalue weighted by molar-refractivity contribution is 1.19. The highest BCUT2D eigenvalue weighted by Crippen LogP contribution is 2.45. The fraction of sp³-hybridized carbons (Fsp3) is 0. The van der Waals surface area contributed by atoms with E-state index in [1.807, 2.05) is 42.5 Å². The Hall–Kier alpha value is -8.20. The Balaban J connectivity index is 1.03. The van der Waals surface area contributed by atoms with E-state index in [-0.39, 0.29) is 29.7 Å². The second-order valence-electron chi connectivity index (χ2n) is 15.8. The van der Waals surface area contributed by atoms with Crippen LogP contribution in [-0.4, -0.2) is 4.57 Å². The molecular weight excluding hydrogens is 749 g/mol. The number of nitrogens with zero attached hydrogens (tertiary/aromatic N) is 2. The van der Waals surface area contributed by atoms with Gasteiger partial charge < -0.3 is 9.47 Å². The molecule has 0 bridgehead atoms. The van der Waals surface area contributed by atoms with E-state index >= 15 is 0 Å². The summed E-state index contributed by atoms with van der Waals surface area (Å²) in [5.41, 5.74) is 11.4. The van der Waals surface area contributed by atoms with Crippen LogP contribution in [0, 0.1) is 0 Å². The van der Waals surface area contributed by atoms with Crippen LogP contribution in [0.5, 0.6) is 0 Å². The Labute approximate surface area is 367 Å². The van der Waals surface area contributed by atoms with Crippen LogP contribution in [0.2, 0.25) is 0 Å². The number of anilines is 3. The molecule has 11 aromatic carbocycles. The molecule has 0 saturated heterocycles. The predicted molar refractivity (Wildman–Crippen MR) is 264 cm³/mol. The second-order valence-corrected chi connectivity index (χ2v) is 15.8. The molecule has 0 saturated carbocycles. The average molecular weight is 794 g/mol. The zero-order valence-corrected chi connectivity index (χ0v) is 33.6. The number of fused-ring (bicyclic) bond motifs is 7. The van der Waals surface area contributed by atoms with Crippen molar-refractivity contribution >= 4 is 71.2 Å². The van der Waals surface area contributed by atoms with E-state index in [1.165, 1.54) is 37.8 Å². The first kappa shape index (κ1) is 30.8. The van der Waals surface area contributed by atoms with Gasteiger partial charge >= 0.3 is 0 Å². The van der Waals surface area contributed by atoms with Gasteiger partial charge in [-0.3, -0.25) is 0 Å². The van der Waals surface area contributed by atoms with E-state index in [4.69, 9.17) is 6.85 Å². The predicted octanol–water partition coefficient (Wildman–Crippen LogP) is 16.7. The molecule has 1 heterocycles. The first-order valence-electron chi connectivity index (χ1n) is 23.4. The van der Waals surface area contributed by atoms with E-state index in [9.17, 15) is 0 Å². The minimum absolute atomic E-state index is 0.177. The van der Waals surface area contributed by atoms with Gasteiger partial charge in [-0.1, -0.05) is 188 Å². The Morgan fingerprint density at radius 1 is 0.355 bits per heavy atom. The molecule has 0 atom stereocenters. The van der Waals surface area contributed by atoms with Crippen molar-refractivity contribution in [1.82, 2.24) is 4.57 Å². The lowest BCUT2D eigenvalue weighted by atomic mass is 9.95. The van der Waals surface area contributed by atoms with Crippen molar-refractivity contribution in [2.75, 3.05) is 4.90 Å². The minimum atomic E-state index is -0.405. The summed E-state index contributed by atoms with van der Waals surface area (Å²) in [7, 11) is 0. The van der Waals surface area contributed by atoms with E-state index in [2.05, 4.69) is 179 Å².